The molecule has 1 atom stereocenters. The molecule has 1 amide bonds. The summed E-state index contributed by atoms with van der Waals surface area (Å²) in [5.41, 5.74) is -0.621. The Morgan fingerprint density at radius 2 is 2.00 bits per heavy atom. The molecule has 1 rings (SSSR count). The molecule has 1 fully saturated rings. The van der Waals surface area contributed by atoms with Crippen LogP contribution in [0.25, 0.3) is 0 Å². The number of hydrogen-bond donors (Lipinski definition) is 1. The molecule has 0 bridgehead atoms. The largest absolute Gasteiger partial charge is 0.382 e. The summed E-state index contributed by atoms with van der Waals surface area (Å²) in [7, 11) is 1.64. The molecule has 4 heteroatoms. The third kappa shape index (κ3) is 4.66. The summed E-state index contributed by atoms with van der Waals surface area (Å²) in [5.74, 6) is -0.0256. The number of rotatable bonds is 5. The van der Waals surface area contributed by atoms with E-state index in [9.17, 15) is 10.1 Å². The van der Waals surface area contributed by atoms with Gasteiger partial charge in [0.1, 0.15) is 5.54 Å². The second kappa shape index (κ2) is 7.38. The average Bonchev–Trinajstić information content (AvgIpc) is 2.62. The lowest BCUT2D eigenvalue weighted by atomic mass is 9.91. The van der Waals surface area contributed by atoms with E-state index in [1.807, 2.05) is 6.92 Å². The molecule has 0 radical (unpaired) electrons. The summed E-state index contributed by atoms with van der Waals surface area (Å²) in [6, 6.07) is 2.33. The highest BCUT2D eigenvalue weighted by atomic mass is 16.5. The fourth-order valence-corrected chi connectivity index (χ4v) is 2.38. The number of nitriles is 1. The second-order valence-electron chi connectivity index (χ2n) is 5.24. The van der Waals surface area contributed by atoms with E-state index in [-0.39, 0.29) is 12.0 Å². The fourth-order valence-electron chi connectivity index (χ4n) is 2.38. The number of amides is 1. The van der Waals surface area contributed by atoms with Gasteiger partial charge < -0.3 is 10.1 Å². The summed E-state index contributed by atoms with van der Waals surface area (Å²) in [6.07, 6.45) is 7.18. The van der Waals surface area contributed by atoms with Gasteiger partial charge in [-0.3, -0.25) is 4.79 Å². The smallest absolute Gasteiger partial charge is 0.221 e. The predicted molar refractivity (Wildman–Crippen MR) is 69.9 cm³/mol. The van der Waals surface area contributed by atoms with Gasteiger partial charge in [0.25, 0.3) is 0 Å². The van der Waals surface area contributed by atoms with Crippen molar-refractivity contribution in [1.29, 1.82) is 5.26 Å². The zero-order valence-electron chi connectivity index (χ0n) is 11.5. The van der Waals surface area contributed by atoms with Crippen molar-refractivity contribution < 1.29 is 9.53 Å². The maximum atomic E-state index is 11.9. The van der Waals surface area contributed by atoms with Crippen LogP contribution in [0.5, 0.6) is 0 Å². The van der Waals surface area contributed by atoms with Crippen LogP contribution in [0.3, 0.4) is 0 Å². The first kappa shape index (κ1) is 15.0. The Bertz CT molecular complexity index is 301. The first-order chi connectivity index (χ1) is 8.62. The number of methoxy groups -OCH3 is 1. The van der Waals surface area contributed by atoms with Gasteiger partial charge in [-0.1, -0.05) is 25.7 Å². The Morgan fingerprint density at radius 3 is 2.50 bits per heavy atom. The van der Waals surface area contributed by atoms with Crippen LogP contribution in [0.15, 0.2) is 0 Å². The molecule has 0 aromatic rings. The Balaban J connectivity index is 2.46. The number of carbonyl (C=O) groups excluding carboxylic acids is 1. The van der Waals surface area contributed by atoms with Crippen LogP contribution in [0.4, 0.5) is 0 Å². The Hall–Kier alpha value is -1.08. The van der Waals surface area contributed by atoms with Crippen molar-refractivity contribution in [1.82, 2.24) is 5.32 Å². The normalized spacial score (nSPS) is 20.5. The molecular weight excluding hydrogens is 228 g/mol. The van der Waals surface area contributed by atoms with Gasteiger partial charge in [-0.25, -0.2) is 0 Å². The van der Waals surface area contributed by atoms with Crippen molar-refractivity contribution >= 4 is 5.91 Å². The molecule has 0 aliphatic heterocycles. The summed E-state index contributed by atoms with van der Waals surface area (Å²) in [5, 5.41) is 12.3. The number of nitrogens with zero attached hydrogens (tertiary/aromatic N) is 1. The number of carbonyl (C=O) groups is 1. The Morgan fingerprint density at radius 1 is 1.39 bits per heavy atom. The van der Waals surface area contributed by atoms with E-state index >= 15 is 0 Å². The van der Waals surface area contributed by atoms with Crippen LogP contribution in [0, 0.1) is 11.3 Å². The van der Waals surface area contributed by atoms with Crippen LogP contribution < -0.4 is 5.32 Å². The van der Waals surface area contributed by atoms with Gasteiger partial charge in [0.15, 0.2) is 0 Å². The van der Waals surface area contributed by atoms with Crippen LogP contribution in [0.2, 0.25) is 0 Å². The van der Waals surface area contributed by atoms with Crippen LogP contribution in [-0.2, 0) is 9.53 Å². The zero-order chi connectivity index (χ0) is 13.4. The van der Waals surface area contributed by atoms with Crippen molar-refractivity contribution in [2.24, 2.45) is 0 Å². The minimum atomic E-state index is -0.621. The molecule has 0 aromatic heterocycles. The fraction of sp³-hybridized carbons (Fsp3) is 0.857. The van der Waals surface area contributed by atoms with Gasteiger partial charge in [0.2, 0.25) is 5.91 Å². The molecule has 0 saturated heterocycles. The molecule has 1 unspecified atom stereocenters. The van der Waals surface area contributed by atoms with E-state index in [4.69, 9.17) is 4.74 Å². The van der Waals surface area contributed by atoms with Gasteiger partial charge in [0, 0.05) is 13.5 Å². The third-order valence-electron chi connectivity index (χ3n) is 3.73. The van der Waals surface area contributed by atoms with Crippen molar-refractivity contribution in [2.45, 2.75) is 69.9 Å². The molecule has 1 aliphatic carbocycles. The molecule has 0 heterocycles. The molecule has 0 spiro atoms. The highest BCUT2D eigenvalue weighted by Gasteiger charge is 2.32. The predicted octanol–water partition coefficient (Wildman–Crippen LogP) is 2.53. The maximum absolute atomic E-state index is 11.9. The molecule has 0 aromatic carbocycles. The van der Waals surface area contributed by atoms with Gasteiger partial charge in [-0.05, 0) is 26.2 Å². The average molecular weight is 252 g/mol. The maximum Gasteiger partial charge on any atom is 0.221 e. The molecule has 1 saturated carbocycles. The van der Waals surface area contributed by atoms with Gasteiger partial charge in [-0.15, -0.1) is 0 Å². The highest BCUT2D eigenvalue weighted by molar-refractivity contribution is 5.77. The molecule has 1 aliphatic rings. The van der Waals surface area contributed by atoms with Crippen molar-refractivity contribution in [3.8, 4) is 6.07 Å². The quantitative estimate of drug-likeness (QED) is 0.765. The molecule has 102 valence electrons. The Kier molecular flexibility index (Phi) is 6.14. The first-order valence-corrected chi connectivity index (χ1v) is 6.87. The molecule has 1 N–H and O–H groups in total. The lowest BCUT2D eigenvalue weighted by Gasteiger charge is -2.26. The summed E-state index contributed by atoms with van der Waals surface area (Å²) >= 11 is 0. The van der Waals surface area contributed by atoms with Gasteiger partial charge in [0.05, 0.1) is 12.2 Å². The van der Waals surface area contributed by atoms with Crippen molar-refractivity contribution in [2.75, 3.05) is 7.11 Å². The van der Waals surface area contributed by atoms with Gasteiger partial charge in [-0.2, -0.15) is 5.26 Å². The van der Waals surface area contributed by atoms with E-state index in [0.717, 1.165) is 25.7 Å². The highest BCUT2D eigenvalue weighted by Crippen LogP contribution is 2.26. The summed E-state index contributed by atoms with van der Waals surface area (Å²) in [4.78, 5) is 11.9. The SMILES string of the molecule is COC(C)CCC(=O)NC1(C#N)CCCCCC1. The Labute approximate surface area is 110 Å². The van der Waals surface area contributed by atoms with E-state index in [1.54, 1.807) is 7.11 Å². The number of hydrogen-bond acceptors (Lipinski definition) is 3. The van der Waals surface area contributed by atoms with Crippen molar-refractivity contribution in [3.05, 3.63) is 0 Å². The number of nitrogens with one attached hydrogen (secondary N) is 1. The summed E-state index contributed by atoms with van der Waals surface area (Å²) < 4.78 is 5.12. The third-order valence-corrected chi connectivity index (χ3v) is 3.73. The standard InChI is InChI=1S/C14H24N2O2/c1-12(18-2)7-8-13(17)16-14(11-15)9-5-3-4-6-10-14/h12H,3-10H2,1-2H3,(H,16,17). The zero-order valence-corrected chi connectivity index (χ0v) is 11.5. The minimum Gasteiger partial charge on any atom is -0.382 e. The lowest BCUT2D eigenvalue weighted by Crippen LogP contribution is -2.47. The minimum absolute atomic E-state index is 0.0256. The van der Waals surface area contributed by atoms with E-state index in [2.05, 4.69) is 11.4 Å². The van der Waals surface area contributed by atoms with Crippen LogP contribution in [0.1, 0.15) is 58.3 Å². The molecule has 18 heavy (non-hydrogen) atoms. The summed E-state index contributed by atoms with van der Waals surface area (Å²) in [6.45, 7) is 1.94. The molecular formula is C14H24N2O2. The number of ether oxygens (including phenoxy) is 1. The topological polar surface area (TPSA) is 62.1 Å². The van der Waals surface area contributed by atoms with Gasteiger partial charge >= 0.3 is 0 Å². The van der Waals surface area contributed by atoms with Crippen LogP contribution >= 0.6 is 0 Å². The first-order valence-electron chi connectivity index (χ1n) is 6.87. The van der Waals surface area contributed by atoms with E-state index in [0.29, 0.717) is 12.8 Å². The lowest BCUT2D eigenvalue weighted by molar-refractivity contribution is -0.123. The monoisotopic (exact) mass is 252 g/mol. The van der Waals surface area contributed by atoms with Crippen LogP contribution in [-0.4, -0.2) is 24.7 Å². The van der Waals surface area contributed by atoms with E-state index in [1.165, 1.54) is 12.8 Å². The van der Waals surface area contributed by atoms with E-state index < -0.39 is 5.54 Å². The molecule has 4 nitrogen and oxygen atoms in total. The van der Waals surface area contributed by atoms with Crippen molar-refractivity contribution in [3.63, 3.8) is 0 Å². The second-order valence-corrected chi connectivity index (χ2v) is 5.24.